The number of hydrogen-bond donors (Lipinski definition) is 0. The normalized spacial score (nSPS) is 12.8. The van der Waals surface area contributed by atoms with Gasteiger partial charge in [-0.25, -0.2) is 0 Å². The van der Waals surface area contributed by atoms with E-state index in [1.165, 1.54) is 10.5 Å². The van der Waals surface area contributed by atoms with Crippen LogP contribution in [0.5, 0.6) is 11.5 Å². The first-order valence-corrected chi connectivity index (χ1v) is 6.63. The zero-order chi connectivity index (χ0) is 11.7. The molecule has 0 saturated heterocycles. The number of ether oxygens (including phenoxy) is 2. The Morgan fingerprint density at radius 1 is 0.882 bits per heavy atom. The fraction of sp³-hybridized carbons (Fsp3) is 0.143. The molecule has 2 nitrogen and oxygen atoms in total. The van der Waals surface area contributed by atoms with Gasteiger partial charge in [-0.1, -0.05) is 18.2 Å². The summed E-state index contributed by atoms with van der Waals surface area (Å²) in [5.74, 6) is 1.66. The Kier molecular flexibility index (Phi) is 2.69. The third-order valence-electron chi connectivity index (χ3n) is 2.80. The van der Waals surface area contributed by atoms with E-state index in [2.05, 4.69) is 36.6 Å². The SMILES string of the molecule is CSc1ccc(-c2ccc3c(c2)OCO3)cc1. The maximum atomic E-state index is 5.38. The van der Waals surface area contributed by atoms with Crippen molar-refractivity contribution < 1.29 is 9.47 Å². The van der Waals surface area contributed by atoms with Crippen LogP contribution < -0.4 is 9.47 Å². The molecule has 0 spiro atoms. The molecular weight excluding hydrogens is 232 g/mol. The van der Waals surface area contributed by atoms with Gasteiger partial charge in [-0.3, -0.25) is 0 Å². The summed E-state index contributed by atoms with van der Waals surface area (Å²) in [5.41, 5.74) is 2.35. The standard InChI is InChI=1S/C14H12O2S/c1-17-12-5-2-10(3-6-12)11-4-7-13-14(8-11)16-9-15-13/h2-8H,9H2,1H3. The van der Waals surface area contributed by atoms with Gasteiger partial charge in [0.2, 0.25) is 6.79 Å². The number of rotatable bonds is 2. The average Bonchev–Trinajstić information content (AvgIpc) is 2.86. The van der Waals surface area contributed by atoms with Crippen molar-refractivity contribution in [3.05, 3.63) is 42.5 Å². The van der Waals surface area contributed by atoms with Crippen LogP contribution in [0.25, 0.3) is 11.1 Å². The molecule has 86 valence electrons. The van der Waals surface area contributed by atoms with Crippen molar-refractivity contribution in [2.75, 3.05) is 13.0 Å². The summed E-state index contributed by atoms with van der Waals surface area (Å²) in [5, 5.41) is 0. The fourth-order valence-corrected chi connectivity index (χ4v) is 2.27. The van der Waals surface area contributed by atoms with E-state index in [0.717, 1.165) is 17.1 Å². The highest BCUT2D eigenvalue weighted by Crippen LogP contribution is 2.36. The molecule has 3 rings (SSSR count). The van der Waals surface area contributed by atoms with Gasteiger partial charge in [-0.2, -0.15) is 0 Å². The van der Waals surface area contributed by atoms with Crippen LogP contribution in [-0.2, 0) is 0 Å². The lowest BCUT2D eigenvalue weighted by Crippen LogP contribution is -1.92. The Balaban J connectivity index is 1.97. The molecule has 0 bridgehead atoms. The summed E-state index contributed by atoms with van der Waals surface area (Å²) in [4.78, 5) is 1.27. The lowest BCUT2D eigenvalue weighted by Gasteiger charge is -2.04. The molecule has 0 aromatic heterocycles. The Morgan fingerprint density at radius 3 is 2.35 bits per heavy atom. The van der Waals surface area contributed by atoms with Gasteiger partial charge < -0.3 is 9.47 Å². The van der Waals surface area contributed by atoms with Gasteiger partial charge >= 0.3 is 0 Å². The zero-order valence-corrected chi connectivity index (χ0v) is 10.3. The second-order valence-corrected chi connectivity index (χ2v) is 4.68. The molecule has 0 amide bonds. The molecule has 3 heteroatoms. The van der Waals surface area contributed by atoms with Crippen LogP contribution in [0, 0.1) is 0 Å². The van der Waals surface area contributed by atoms with Crippen molar-refractivity contribution in [1.82, 2.24) is 0 Å². The molecule has 2 aromatic carbocycles. The molecule has 0 aliphatic carbocycles. The molecule has 0 N–H and O–H groups in total. The van der Waals surface area contributed by atoms with Gasteiger partial charge in [0.1, 0.15) is 0 Å². The van der Waals surface area contributed by atoms with Gasteiger partial charge in [0.25, 0.3) is 0 Å². The van der Waals surface area contributed by atoms with Gasteiger partial charge in [0.15, 0.2) is 11.5 Å². The van der Waals surface area contributed by atoms with Gasteiger partial charge in [0.05, 0.1) is 0 Å². The van der Waals surface area contributed by atoms with E-state index in [1.807, 2.05) is 12.1 Å². The lowest BCUT2D eigenvalue weighted by atomic mass is 10.1. The van der Waals surface area contributed by atoms with Crippen LogP contribution in [0.15, 0.2) is 47.4 Å². The molecule has 17 heavy (non-hydrogen) atoms. The molecule has 0 saturated carbocycles. The topological polar surface area (TPSA) is 18.5 Å². The second kappa shape index (κ2) is 4.34. The monoisotopic (exact) mass is 244 g/mol. The molecule has 0 unspecified atom stereocenters. The van der Waals surface area contributed by atoms with E-state index in [-0.39, 0.29) is 0 Å². The van der Waals surface area contributed by atoms with Crippen molar-refractivity contribution >= 4 is 11.8 Å². The summed E-state index contributed by atoms with van der Waals surface area (Å²) in [6, 6.07) is 14.6. The molecule has 1 heterocycles. The predicted octanol–water partition coefficient (Wildman–Crippen LogP) is 3.80. The maximum Gasteiger partial charge on any atom is 0.231 e. The smallest absolute Gasteiger partial charge is 0.231 e. The van der Waals surface area contributed by atoms with E-state index in [1.54, 1.807) is 11.8 Å². The number of fused-ring (bicyclic) bond motifs is 1. The zero-order valence-electron chi connectivity index (χ0n) is 9.47. The molecule has 2 aromatic rings. The molecular formula is C14H12O2S. The maximum absolute atomic E-state index is 5.38. The quantitative estimate of drug-likeness (QED) is 0.748. The van der Waals surface area contributed by atoms with E-state index in [4.69, 9.17) is 9.47 Å². The largest absolute Gasteiger partial charge is 0.454 e. The highest BCUT2D eigenvalue weighted by molar-refractivity contribution is 7.98. The van der Waals surface area contributed by atoms with E-state index >= 15 is 0 Å². The molecule has 1 aliphatic heterocycles. The third-order valence-corrected chi connectivity index (χ3v) is 3.54. The van der Waals surface area contributed by atoms with Crippen LogP contribution in [0.1, 0.15) is 0 Å². The van der Waals surface area contributed by atoms with Crippen LogP contribution >= 0.6 is 11.8 Å². The summed E-state index contributed by atoms with van der Waals surface area (Å²) >= 11 is 1.75. The number of hydrogen-bond acceptors (Lipinski definition) is 3. The Hall–Kier alpha value is -1.61. The highest BCUT2D eigenvalue weighted by Gasteiger charge is 2.13. The molecule has 1 aliphatic rings. The lowest BCUT2D eigenvalue weighted by molar-refractivity contribution is 0.174. The Bertz CT molecular complexity index is 534. The van der Waals surface area contributed by atoms with Crippen molar-refractivity contribution in [3.63, 3.8) is 0 Å². The minimum atomic E-state index is 0.324. The second-order valence-electron chi connectivity index (χ2n) is 3.80. The van der Waals surface area contributed by atoms with Crippen molar-refractivity contribution in [1.29, 1.82) is 0 Å². The van der Waals surface area contributed by atoms with E-state index in [9.17, 15) is 0 Å². The minimum Gasteiger partial charge on any atom is -0.454 e. The van der Waals surface area contributed by atoms with Gasteiger partial charge in [-0.05, 0) is 41.6 Å². The molecule has 0 fully saturated rings. The summed E-state index contributed by atoms with van der Waals surface area (Å²) < 4.78 is 10.7. The average molecular weight is 244 g/mol. The van der Waals surface area contributed by atoms with Crippen molar-refractivity contribution in [2.24, 2.45) is 0 Å². The van der Waals surface area contributed by atoms with E-state index in [0.29, 0.717) is 6.79 Å². The first kappa shape index (κ1) is 10.5. The molecule has 0 atom stereocenters. The minimum absolute atomic E-state index is 0.324. The van der Waals surface area contributed by atoms with Crippen LogP contribution in [-0.4, -0.2) is 13.0 Å². The number of thioether (sulfide) groups is 1. The summed E-state index contributed by atoms with van der Waals surface area (Å²) in [7, 11) is 0. The highest BCUT2D eigenvalue weighted by atomic mass is 32.2. The molecule has 0 radical (unpaired) electrons. The van der Waals surface area contributed by atoms with Crippen molar-refractivity contribution in [2.45, 2.75) is 4.90 Å². The first-order valence-electron chi connectivity index (χ1n) is 5.41. The number of benzene rings is 2. The van der Waals surface area contributed by atoms with Crippen LogP contribution in [0.4, 0.5) is 0 Å². The van der Waals surface area contributed by atoms with Gasteiger partial charge in [-0.15, -0.1) is 11.8 Å². The summed E-state index contributed by atoms with van der Waals surface area (Å²) in [6.07, 6.45) is 2.08. The summed E-state index contributed by atoms with van der Waals surface area (Å²) in [6.45, 7) is 0.324. The van der Waals surface area contributed by atoms with Crippen LogP contribution in [0.3, 0.4) is 0 Å². The van der Waals surface area contributed by atoms with Crippen molar-refractivity contribution in [3.8, 4) is 22.6 Å². The van der Waals surface area contributed by atoms with Crippen LogP contribution in [0.2, 0.25) is 0 Å². The fourth-order valence-electron chi connectivity index (χ4n) is 1.86. The van der Waals surface area contributed by atoms with E-state index < -0.39 is 0 Å². The first-order chi connectivity index (χ1) is 8.36. The predicted molar refractivity (Wildman–Crippen MR) is 69.8 cm³/mol. The third kappa shape index (κ3) is 1.98. The Labute approximate surface area is 105 Å². The van der Waals surface area contributed by atoms with Gasteiger partial charge in [0, 0.05) is 4.90 Å². The Morgan fingerprint density at radius 2 is 1.59 bits per heavy atom.